The van der Waals surface area contributed by atoms with Crippen LogP contribution in [0.4, 0.5) is 5.95 Å². The lowest BCUT2D eigenvalue weighted by Crippen LogP contribution is -2.49. The topological polar surface area (TPSA) is 80.0 Å². The molecule has 8 nitrogen and oxygen atoms in total. The minimum atomic E-state index is 0.0808. The Morgan fingerprint density at radius 3 is 2.55 bits per heavy atom. The van der Waals surface area contributed by atoms with Gasteiger partial charge in [0.05, 0.1) is 16.4 Å². The quantitative estimate of drug-likeness (QED) is 0.642. The van der Waals surface area contributed by atoms with E-state index < -0.39 is 0 Å². The molecule has 0 radical (unpaired) electrons. The maximum absolute atomic E-state index is 13.0. The molecule has 152 valence electrons. The van der Waals surface area contributed by atoms with Crippen LogP contribution in [0.25, 0.3) is 5.69 Å². The van der Waals surface area contributed by atoms with Crippen LogP contribution in [0.3, 0.4) is 0 Å². The van der Waals surface area contributed by atoms with Crippen LogP contribution >= 0.6 is 11.3 Å². The molecule has 1 amide bonds. The minimum absolute atomic E-state index is 0.0808. The van der Waals surface area contributed by atoms with Crippen LogP contribution in [0, 0.1) is 12.8 Å². The highest BCUT2D eigenvalue weighted by atomic mass is 32.1. The van der Waals surface area contributed by atoms with E-state index in [4.69, 9.17) is 0 Å². The fourth-order valence-electron chi connectivity index (χ4n) is 3.46. The Kier molecular flexibility index (Phi) is 5.57. The number of anilines is 1. The Hall–Kier alpha value is -2.81. The second-order valence-corrected chi connectivity index (χ2v) is 8.71. The monoisotopic (exact) mass is 411 g/mol. The van der Waals surface area contributed by atoms with Crippen molar-refractivity contribution in [2.45, 2.75) is 27.2 Å². The molecule has 0 saturated carbocycles. The van der Waals surface area contributed by atoms with E-state index in [0.29, 0.717) is 38.0 Å². The number of carbonyl (C=O) groups is 1. The largest absolute Gasteiger partial charge is 0.336 e. The summed E-state index contributed by atoms with van der Waals surface area (Å²) in [6.45, 7) is 8.92. The Balaban J connectivity index is 1.44. The van der Waals surface area contributed by atoms with Gasteiger partial charge >= 0.3 is 0 Å². The molecule has 1 aromatic carbocycles. The summed E-state index contributed by atoms with van der Waals surface area (Å²) in [6, 6.07) is 9.83. The van der Waals surface area contributed by atoms with Gasteiger partial charge in [0.1, 0.15) is 4.88 Å². The van der Waals surface area contributed by atoms with Crippen molar-refractivity contribution in [2.24, 2.45) is 5.92 Å². The number of hydrogen-bond acceptors (Lipinski definition) is 7. The number of aromatic nitrogens is 5. The number of thiazole rings is 1. The number of rotatable bonds is 5. The zero-order valence-corrected chi connectivity index (χ0v) is 17.8. The Morgan fingerprint density at radius 2 is 1.86 bits per heavy atom. The second kappa shape index (κ2) is 8.28. The fourth-order valence-corrected chi connectivity index (χ4v) is 4.70. The summed E-state index contributed by atoms with van der Waals surface area (Å²) in [4.78, 5) is 22.4. The van der Waals surface area contributed by atoms with E-state index >= 15 is 0 Å². The highest BCUT2D eigenvalue weighted by molar-refractivity contribution is 7.13. The highest BCUT2D eigenvalue weighted by Crippen LogP contribution is 2.24. The summed E-state index contributed by atoms with van der Waals surface area (Å²) < 4.78 is 1.74. The van der Waals surface area contributed by atoms with Crippen LogP contribution < -0.4 is 4.90 Å². The Morgan fingerprint density at radius 1 is 1.14 bits per heavy atom. The number of para-hydroxylation sites is 1. The molecule has 9 heteroatoms. The molecule has 0 unspecified atom stereocenters. The molecule has 4 rings (SSSR count). The van der Waals surface area contributed by atoms with Crippen LogP contribution in [0.15, 0.2) is 30.3 Å². The number of aryl methyl sites for hydroxylation is 1. The Labute approximate surface area is 174 Å². The van der Waals surface area contributed by atoms with Crippen molar-refractivity contribution < 1.29 is 4.79 Å². The molecule has 0 bridgehead atoms. The predicted molar refractivity (Wildman–Crippen MR) is 113 cm³/mol. The minimum Gasteiger partial charge on any atom is -0.336 e. The third-order valence-corrected chi connectivity index (χ3v) is 6.09. The van der Waals surface area contributed by atoms with E-state index in [9.17, 15) is 4.79 Å². The Bertz CT molecular complexity index is 974. The molecule has 3 aromatic rings. The maximum atomic E-state index is 13.0. The number of amides is 1. The predicted octanol–water partition coefficient (Wildman–Crippen LogP) is 2.59. The van der Waals surface area contributed by atoms with Crippen molar-refractivity contribution in [3.8, 4) is 5.69 Å². The van der Waals surface area contributed by atoms with Crippen LogP contribution in [-0.4, -0.2) is 62.2 Å². The van der Waals surface area contributed by atoms with E-state index in [2.05, 4.69) is 39.3 Å². The van der Waals surface area contributed by atoms with Crippen LogP contribution in [0.1, 0.15) is 34.2 Å². The molecule has 1 fully saturated rings. The molecular formula is C20H25N7OS. The van der Waals surface area contributed by atoms with Crippen molar-refractivity contribution in [2.75, 3.05) is 31.1 Å². The van der Waals surface area contributed by atoms with Gasteiger partial charge < -0.3 is 9.80 Å². The molecule has 0 spiro atoms. The number of piperazine rings is 1. The molecule has 29 heavy (non-hydrogen) atoms. The first-order valence-electron chi connectivity index (χ1n) is 9.87. The first-order chi connectivity index (χ1) is 14.0. The van der Waals surface area contributed by atoms with E-state index in [1.807, 2.05) is 42.2 Å². The van der Waals surface area contributed by atoms with Gasteiger partial charge in [-0.3, -0.25) is 4.79 Å². The lowest BCUT2D eigenvalue weighted by Gasteiger charge is -2.34. The summed E-state index contributed by atoms with van der Waals surface area (Å²) in [6.07, 6.45) is 0.911. The van der Waals surface area contributed by atoms with Gasteiger partial charge in [-0.2, -0.15) is 4.68 Å². The third-order valence-electron chi connectivity index (χ3n) is 4.92. The average Bonchev–Trinajstić information content (AvgIpc) is 3.34. The summed E-state index contributed by atoms with van der Waals surface area (Å²) in [5.41, 5.74) is 1.76. The molecule has 1 saturated heterocycles. The van der Waals surface area contributed by atoms with Gasteiger partial charge in [-0.15, -0.1) is 11.3 Å². The number of benzene rings is 1. The van der Waals surface area contributed by atoms with Crippen molar-refractivity contribution in [1.29, 1.82) is 0 Å². The van der Waals surface area contributed by atoms with Crippen molar-refractivity contribution >= 4 is 23.2 Å². The van der Waals surface area contributed by atoms with Gasteiger partial charge in [0.25, 0.3) is 5.91 Å². The van der Waals surface area contributed by atoms with E-state index in [1.165, 1.54) is 11.3 Å². The third kappa shape index (κ3) is 4.14. The summed E-state index contributed by atoms with van der Waals surface area (Å²) >= 11 is 1.54. The summed E-state index contributed by atoms with van der Waals surface area (Å²) in [5, 5.41) is 13.2. The number of hydrogen-bond donors (Lipinski definition) is 0. The molecule has 0 N–H and O–H groups in total. The standard InChI is InChI=1S/C20H25N7OS/c1-14(2)13-17-21-15(3)18(29-17)19(28)25-9-11-26(12-10-25)20-22-23-24-27(20)16-7-5-4-6-8-16/h4-8,14H,9-13H2,1-3H3. The molecule has 0 aliphatic carbocycles. The van der Waals surface area contributed by atoms with Crippen molar-refractivity contribution in [3.05, 3.63) is 45.9 Å². The van der Waals surface area contributed by atoms with Gasteiger partial charge in [0.2, 0.25) is 5.95 Å². The smallest absolute Gasteiger partial charge is 0.265 e. The van der Waals surface area contributed by atoms with Crippen LogP contribution in [0.2, 0.25) is 0 Å². The summed E-state index contributed by atoms with van der Waals surface area (Å²) in [7, 11) is 0. The molecule has 3 heterocycles. The maximum Gasteiger partial charge on any atom is 0.265 e. The highest BCUT2D eigenvalue weighted by Gasteiger charge is 2.27. The van der Waals surface area contributed by atoms with Gasteiger partial charge in [-0.05, 0) is 35.4 Å². The van der Waals surface area contributed by atoms with E-state index in [0.717, 1.165) is 27.7 Å². The molecule has 2 aromatic heterocycles. The first-order valence-corrected chi connectivity index (χ1v) is 10.7. The van der Waals surface area contributed by atoms with Crippen molar-refractivity contribution in [3.63, 3.8) is 0 Å². The number of nitrogens with zero attached hydrogens (tertiary/aromatic N) is 7. The van der Waals surface area contributed by atoms with E-state index in [-0.39, 0.29) is 5.91 Å². The van der Waals surface area contributed by atoms with Gasteiger partial charge in [-0.25, -0.2) is 4.98 Å². The summed E-state index contributed by atoms with van der Waals surface area (Å²) in [5.74, 6) is 1.32. The molecule has 1 aliphatic heterocycles. The fraction of sp³-hybridized carbons (Fsp3) is 0.450. The van der Waals surface area contributed by atoms with Gasteiger partial charge in [-0.1, -0.05) is 37.1 Å². The van der Waals surface area contributed by atoms with Gasteiger partial charge in [0.15, 0.2) is 0 Å². The van der Waals surface area contributed by atoms with Crippen LogP contribution in [-0.2, 0) is 6.42 Å². The molecule has 1 aliphatic rings. The molecular weight excluding hydrogens is 386 g/mol. The van der Waals surface area contributed by atoms with Crippen LogP contribution in [0.5, 0.6) is 0 Å². The second-order valence-electron chi connectivity index (χ2n) is 7.63. The SMILES string of the molecule is Cc1nc(CC(C)C)sc1C(=O)N1CCN(c2nnnn2-c2ccccc2)CC1. The zero-order valence-electron chi connectivity index (χ0n) is 16.9. The number of tetrazole rings is 1. The van der Waals surface area contributed by atoms with Crippen molar-refractivity contribution in [1.82, 2.24) is 30.1 Å². The van der Waals surface area contributed by atoms with Gasteiger partial charge in [0, 0.05) is 32.6 Å². The number of carbonyl (C=O) groups excluding carboxylic acids is 1. The van der Waals surface area contributed by atoms with E-state index in [1.54, 1.807) is 4.68 Å². The average molecular weight is 412 g/mol. The lowest BCUT2D eigenvalue weighted by atomic mass is 10.1. The first kappa shape index (κ1) is 19.5. The molecule has 0 atom stereocenters. The normalized spacial score (nSPS) is 14.6. The zero-order chi connectivity index (χ0) is 20.4. The lowest BCUT2D eigenvalue weighted by molar-refractivity contribution is 0.0750.